The number of H-pyrrole nitrogens is 1. The van der Waals surface area contributed by atoms with Gasteiger partial charge in [0.15, 0.2) is 5.65 Å². The quantitative estimate of drug-likeness (QED) is 0.761. The van der Waals surface area contributed by atoms with Gasteiger partial charge in [-0.1, -0.05) is 6.07 Å². The molecule has 0 saturated carbocycles. The zero-order valence-corrected chi connectivity index (χ0v) is 10.8. The second-order valence-electron chi connectivity index (χ2n) is 4.42. The van der Waals surface area contributed by atoms with Gasteiger partial charge in [0.1, 0.15) is 0 Å². The first-order valence-electron chi connectivity index (χ1n) is 6.21. The minimum absolute atomic E-state index is 0.102. The summed E-state index contributed by atoms with van der Waals surface area (Å²) in [5.74, 6) is 0. The molecule has 0 spiro atoms. The van der Waals surface area contributed by atoms with E-state index in [9.17, 15) is 4.79 Å². The van der Waals surface area contributed by atoms with Gasteiger partial charge in [-0.25, -0.2) is 4.98 Å². The Bertz CT molecular complexity index is 786. The predicted molar refractivity (Wildman–Crippen MR) is 74.0 cm³/mol. The lowest BCUT2D eigenvalue weighted by Gasteiger charge is -2.06. The third-order valence-electron chi connectivity index (χ3n) is 3.22. The number of aryl methyl sites for hydroxylation is 2. The van der Waals surface area contributed by atoms with Crippen molar-refractivity contribution in [2.45, 2.75) is 20.4 Å². The van der Waals surface area contributed by atoms with Gasteiger partial charge in [0.2, 0.25) is 0 Å². The van der Waals surface area contributed by atoms with Crippen molar-refractivity contribution in [3.8, 4) is 11.1 Å². The van der Waals surface area contributed by atoms with Crippen molar-refractivity contribution >= 4 is 11.0 Å². The van der Waals surface area contributed by atoms with E-state index in [0.717, 1.165) is 16.8 Å². The van der Waals surface area contributed by atoms with Crippen molar-refractivity contribution in [1.82, 2.24) is 19.7 Å². The summed E-state index contributed by atoms with van der Waals surface area (Å²) in [4.78, 5) is 20.6. The number of aromatic nitrogens is 4. The van der Waals surface area contributed by atoms with Gasteiger partial charge in [-0.3, -0.25) is 19.6 Å². The average Bonchev–Trinajstić information content (AvgIpc) is 2.75. The predicted octanol–water partition coefficient (Wildman–Crippen LogP) is 2.11. The van der Waals surface area contributed by atoms with Gasteiger partial charge in [0, 0.05) is 35.8 Å². The molecule has 3 heterocycles. The van der Waals surface area contributed by atoms with Gasteiger partial charge < -0.3 is 0 Å². The number of nitrogens with zero attached hydrogens (tertiary/aromatic N) is 3. The Kier molecular flexibility index (Phi) is 2.67. The topological polar surface area (TPSA) is 63.6 Å². The van der Waals surface area contributed by atoms with Crippen LogP contribution in [0.3, 0.4) is 0 Å². The molecular formula is C14H14N4O. The highest BCUT2D eigenvalue weighted by Gasteiger charge is 2.11. The summed E-state index contributed by atoms with van der Waals surface area (Å²) in [6.07, 6.45) is 3.51. The molecule has 0 aromatic carbocycles. The number of rotatable bonds is 2. The van der Waals surface area contributed by atoms with Crippen molar-refractivity contribution in [3.63, 3.8) is 0 Å². The SMILES string of the molecule is CCn1[nH]c(=O)c2cc(-c3cccnc3)c(C)nc21. The van der Waals surface area contributed by atoms with E-state index < -0.39 is 0 Å². The first kappa shape index (κ1) is 11.6. The van der Waals surface area contributed by atoms with E-state index in [1.54, 1.807) is 17.1 Å². The average molecular weight is 254 g/mol. The molecule has 0 fully saturated rings. The summed E-state index contributed by atoms with van der Waals surface area (Å²) in [7, 11) is 0. The Morgan fingerprint density at radius 1 is 1.42 bits per heavy atom. The Labute approximate surface area is 109 Å². The molecule has 5 heteroatoms. The van der Waals surface area contributed by atoms with Crippen LogP contribution < -0.4 is 5.56 Å². The number of hydrogen-bond acceptors (Lipinski definition) is 3. The smallest absolute Gasteiger partial charge is 0.268 e. The molecule has 3 aromatic heterocycles. The molecule has 0 amide bonds. The maximum Gasteiger partial charge on any atom is 0.273 e. The fourth-order valence-electron chi connectivity index (χ4n) is 2.24. The number of aromatic amines is 1. The van der Waals surface area contributed by atoms with Gasteiger partial charge >= 0.3 is 0 Å². The molecule has 1 N–H and O–H groups in total. The van der Waals surface area contributed by atoms with Gasteiger partial charge in [0.05, 0.1) is 5.39 Å². The van der Waals surface area contributed by atoms with Crippen LogP contribution in [0.15, 0.2) is 35.4 Å². The van der Waals surface area contributed by atoms with Crippen LogP contribution >= 0.6 is 0 Å². The maximum atomic E-state index is 11.9. The van der Waals surface area contributed by atoms with Crippen LogP contribution in [0.2, 0.25) is 0 Å². The Morgan fingerprint density at radius 3 is 2.95 bits per heavy atom. The van der Waals surface area contributed by atoms with Gasteiger partial charge in [-0.2, -0.15) is 0 Å². The Balaban J connectivity index is 2.31. The molecular weight excluding hydrogens is 240 g/mol. The third kappa shape index (κ3) is 1.83. The minimum Gasteiger partial charge on any atom is -0.268 e. The van der Waals surface area contributed by atoms with Crippen molar-refractivity contribution in [2.24, 2.45) is 0 Å². The molecule has 3 aromatic rings. The standard InChI is InChI=1S/C14H14N4O/c1-3-18-13-12(14(19)17-18)7-11(9(2)16-13)10-5-4-6-15-8-10/h4-8H,3H2,1-2H3,(H,17,19). The normalized spacial score (nSPS) is 11.1. The lowest BCUT2D eigenvalue weighted by atomic mass is 10.1. The van der Waals surface area contributed by atoms with Crippen LogP contribution in [0, 0.1) is 6.92 Å². The number of fused-ring (bicyclic) bond motifs is 1. The van der Waals surface area contributed by atoms with Gasteiger partial charge in [0.25, 0.3) is 5.56 Å². The molecule has 0 atom stereocenters. The second kappa shape index (κ2) is 4.35. The fourth-order valence-corrected chi connectivity index (χ4v) is 2.24. The van der Waals surface area contributed by atoms with Crippen molar-refractivity contribution in [2.75, 3.05) is 0 Å². The number of nitrogens with one attached hydrogen (secondary N) is 1. The van der Waals surface area contributed by atoms with Crippen LogP contribution in [0.5, 0.6) is 0 Å². The second-order valence-corrected chi connectivity index (χ2v) is 4.42. The van der Waals surface area contributed by atoms with Crippen LogP contribution in [0.1, 0.15) is 12.6 Å². The highest BCUT2D eigenvalue weighted by atomic mass is 16.1. The van der Waals surface area contributed by atoms with Crippen LogP contribution in [-0.2, 0) is 6.54 Å². The molecule has 0 bridgehead atoms. The zero-order valence-electron chi connectivity index (χ0n) is 10.8. The van der Waals surface area contributed by atoms with E-state index in [2.05, 4.69) is 15.1 Å². The van der Waals surface area contributed by atoms with E-state index in [0.29, 0.717) is 17.6 Å². The highest BCUT2D eigenvalue weighted by molar-refractivity contribution is 5.82. The van der Waals surface area contributed by atoms with Crippen molar-refractivity contribution < 1.29 is 0 Å². The maximum absolute atomic E-state index is 11.9. The van der Waals surface area contributed by atoms with E-state index in [1.165, 1.54) is 0 Å². The van der Waals surface area contributed by atoms with Crippen molar-refractivity contribution in [1.29, 1.82) is 0 Å². The number of hydrogen-bond donors (Lipinski definition) is 1. The molecule has 0 saturated heterocycles. The number of pyridine rings is 2. The lowest BCUT2D eigenvalue weighted by molar-refractivity contribution is 0.668. The van der Waals surface area contributed by atoms with E-state index in [-0.39, 0.29) is 5.56 Å². The van der Waals surface area contributed by atoms with Crippen molar-refractivity contribution in [3.05, 3.63) is 46.6 Å². The summed E-state index contributed by atoms with van der Waals surface area (Å²) in [5, 5.41) is 3.41. The summed E-state index contributed by atoms with van der Waals surface area (Å²) in [6.45, 7) is 4.61. The molecule has 0 aliphatic carbocycles. The lowest BCUT2D eigenvalue weighted by Crippen LogP contribution is -2.03. The van der Waals surface area contributed by atoms with E-state index in [4.69, 9.17) is 0 Å². The monoisotopic (exact) mass is 254 g/mol. The Hall–Kier alpha value is -2.43. The minimum atomic E-state index is -0.102. The summed E-state index contributed by atoms with van der Waals surface area (Å²) < 4.78 is 1.76. The first-order valence-corrected chi connectivity index (χ1v) is 6.21. The third-order valence-corrected chi connectivity index (χ3v) is 3.22. The van der Waals surface area contributed by atoms with Gasteiger partial charge in [-0.15, -0.1) is 0 Å². The molecule has 96 valence electrons. The molecule has 19 heavy (non-hydrogen) atoms. The molecule has 0 unspecified atom stereocenters. The molecule has 0 radical (unpaired) electrons. The molecule has 3 rings (SSSR count). The molecule has 0 aliphatic heterocycles. The van der Waals surface area contributed by atoms with Crippen LogP contribution in [0.25, 0.3) is 22.2 Å². The van der Waals surface area contributed by atoms with Crippen LogP contribution in [-0.4, -0.2) is 19.7 Å². The van der Waals surface area contributed by atoms with Crippen LogP contribution in [0.4, 0.5) is 0 Å². The summed E-state index contributed by atoms with van der Waals surface area (Å²) >= 11 is 0. The van der Waals surface area contributed by atoms with Gasteiger partial charge in [-0.05, 0) is 26.0 Å². The summed E-state index contributed by atoms with van der Waals surface area (Å²) in [5.41, 5.74) is 3.41. The first-order chi connectivity index (χ1) is 9.20. The molecule has 0 aliphatic rings. The summed E-state index contributed by atoms with van der Waals surface area (Å²) in [6, 6.07) is 5.73. The fraction of sp³-hybridized carbons (Fsp3) is 0.214. The van der Waals surface area contributed by atoms with E-state index >= 15 is 0 Å². The molecule has 5 nitrogen and oxygen atoms in total. The van der Waals surface area contributed by atoms with E-state index in [1.807, 2.05) is 32.0 Å². The highest BCUT2D eigenvalue weighted by Crippen LogP contribution is 2.24. The largest absolute Gasteiger partial charge is 0.273 e. The Morgan fingerprint density at radius 2 is 2.26 bits per heavy atom. The zero-order chi connectivity index (χ0) is 13.4.